The minimum Gasteiger partial charge on any atom is -0.483 e. The zero-order valence-corrected chi connectivity index (χ0v) is 15.1. The average Bonchev–Trinajstić information content (AvgIpc) is 2.58. The van der Waals surface area contributed by atoms with Crippen molar-refractivity contribution in [1.29, 1.82) is 0 Å². The van der Waals surface area contributed by atoms with Gasteiger partial charge >= 0.3 is 5.63 Å². The first-order valence-electron chi connectivity index (χ1n) is 8.96. The Kier molecular flexibility index (Phi) is 5.11. The minimum absolute atomic E-state index is 0.0133. The molecule has 1 fully saturated rings. The summed E-state index contributed by atoms with van der Waals surface area (Å²) in [7, 11) is 0. The number of nitrogens with zero attached hydrogens (tertiary/aromatic N) is 1. The van der Waals surface area contributed by atoms with Gasteiger partial charge in [0.1, 0.15) is 11.3 Å². The van der Waals surface area contributed by atoms with Crippen LogP contribution in [0.2, 0.25) is 0 Å². The molecule has 134 valence electrons. The van der Waals surface area contributed by atoms with Crippen LogP contribution in [0.25, 0.3) is 11.0 Å². The van der Waals surface area contributed by atoms with Crippen LogP contribution in [0, 0.1) is 12.8 Å². The molecule has 1 aromatic carbocycles. The minimum atomic E-state index is -0.376. The van der Waals surface area contributed by atoms with Gasteiger partial charge in [-0.25, -0.2) is 4.79 Å². The second kappa shape index (κ2) is 7.30. The fourth-order valence-electron chi connectivity index (χ4n) is 3.45. The molecule has 5 nitrogen and oxygen atoms in total. The van der Waals surface area contributed by atoms with Crippen LogP contribution in [0.5, 0.6) is 5.75 Å². The molecule has 0 bridgehead atoms. The monoisotopic (exact) mass is 343 g/mol. The summed E-state index contributed by atoms with van der Waals surface area (Å²) >= 11 is 0. The lowest BCUT2D eigenvalue weighted by Gasteiger charge is -2.30. The number of fused-ring (bicyclic) bond motifs is 1. The lowest BCUT2D eigenvalue weighted by Crippen LogP contribution is -2.41. The van der Waals surface area contributed by atoms with E-state index >= 15 is 0 Å². The molecule has 5 heteroatoms. The third-order valence-corrected chi connectivity index (χ3v) is 4.87. The Labute approximate surface area is 147 Å². The van der Waals surface area contributed by atoms with Crippen molar-refractivity contribution < 1.29 is 13.9 Å². The summed E-state index contributed by atoms with van der Waals surface area (Å²) in [5, 5.41) is 0.903. The van der Waals surface area contributed by atoms with E-state index in [1.165, 1.54) is 12.5 Å². The van der Waals surface area contributed by atoms with E-state index in [0.29, 0.717) is 17.3 Å². The zero-order chi connectivity index (χ0) is 18.0. The van der Waals surface area contributed by atoms with Gasteiger partial charge in [0.15, 0.2) is 6.61 Å². The number of likely N-dealkylation sites (tertiary alicyclic amines) is 1. The Hall–Kier alpha value is -2.30. The van der Waals surface area contributed by atoms with Gasteiger partial charge in [-0.15, -0.1) is 0 Å². The molecule has 0 radical (unpaired) electrons. The highest BCUT2D eigenvalue weighted by Crippen LogP contribution is 2.28. The van der Waals surface area contributed by atoms with Crippen molar-refractivity contribution in [3.63, 3.8) is 0 Å². The van der Waals surface area contributed by atoms with E-state index in [1.807, 2.05) is 24.8 Å². The van der Waals surface area contributed by atoms with Gasteiger partial charge in [-0.3, -0.25) is 4.79 Å². The molecule has 2 heterocycles. The third kappa shape index (κ3) is 3.86. The summed E-state index contributed by atoms with van der Waals surface area (Å²) in [5.74, 6) is 1.17. The molecule has 1 unspecified atom stereocenters. The summed E-state index contributed by atoms with van der Waals surface area (Å²) in [6.45, 7) is 7.72. The molecule has 2 aromatic rings. The number of ether oxygens (including phenoxy) is 1. The first kappa shape index (κ1) is 17.5. The first-order valence-corrected chi connectivity index (χ1v) is 8.96. The SMILES string of the molecule is CCc1cc2c(C)cc(=O)oc2cc1OCC(=O)N1CCCC(C)C1. The fraction of sp³-hybridized carbons (Fsp3) is 0.500. The van der Waals surface area contributed by atoms with Gasteiger partial charge in [0, 0.05) is 30.6 Å². The summed E-state index contributed by atoms with van der Waals surface area (Å²) < 4.78 is 11.1. The normalized spacial score (nSPS) is 17.7. The Bertz CT molecular complexity index is 839. The van der Waals surface area contributed by atoms with E-state index < -0.39 is 0 Å². The van der Waals surface area contributed by atoms with Crippen LogP contribution in [-0.2, 0) is 11.2 Å². The Balaban J connectivity index is 1.80. The predicted octanol–water partition coefficient (Wildman–Crippen LogP) is 3.30. The van der Waals surface area contributed by atoms with Gasteiger partial charge < -0.3 is 14.1 Å². The fourth-order valence-corrected chi connectivity index (χ4v) is 3.45. The van der Waals surface area contributed by atoms with Crippen LogP contribution in [-0.4, -0.2) is 30.5 Å². The summed E-state index contributed by atoms with van der Waals surface area (Å²) in [6, 6.07) is 5.20. The number of hydrogen-bond acceptors (Lipinski definition) is 4. The first-order chi connectivity index (χ1) is 12.0. The number of carbonyl (C=O) groups excluding carboxylic acids is 1. The molecule has 3 rings (SSSR count). The maximum Gasteiger partial charge on any atom is 0.336 e. The molecule has 0 N–H and O–H groups in total. The molecule has 0 aliphatic carbocycles. The lowest BCUT2D eigenvalue weighted by atomic mass is 10.0. The standard InChI is InChI=1S/C20H25NO4/c1-4-15-9-16-14(3)8-20(23)25-18(16)10-17(15)24-12-19(22)21-7-5-6-13(2)11-21/h8-10,13H,4-7,11-12H2,1-3H3. The van der Waals surface area contributed by atoms with E-state index in [1.54, 1.807) is 6.07 Å². The Morgan fingerprint density at radius 1 is 1.36 bits per heavy atom. The van der Waals surface area contributed by atoms with Crippen molar-refractivity contribution in [1.82, 2.24) is 4.90 Å². The van der Waals surface area contributed by atoms with E-state index in [0.717, 1.165) is 42.4 Å². The van der Waals surface area contributed by atoms with E-state index in [2.05, 4.69) is 6.92 Å². The predicted molar refractivity (Wildman–Crippen MR) is 97.1 cm³/mol. The molecule has 0 saturated carbocycles. The molecule has 1 aliphatic rings. The number of hydrogen-bond donors (Lipinski definition) is 0. The zero-order valence-electron chi connectivity index (χ0n) is 15.1. The highest BCUT2D eigenvalue weighted by atomic mass is 16.5. The van der Waals surface area contributed by atoms with Gasteiger partial charge in [-0.2, -0.15) is 0 Å². The molecule has 1 amide bonds. The van der Waals surface area contributed by atoms with Gasteiger partial charge in [0.25, 0.3) is 5.91 Å². The van der Waals surface area contributed by atoms with Crippen molar-refractivity contribution in [3.05, 3.63) is 39.7 Å². The highest BCUT2D eigenvalue weighted by Gasteiger charge is 2.21. The van der Waals surface area contributed by atoms with E-state index in [4.69, 9.17) is 9.15 Å². The van der Waals surface area contributed by atoms with E-state index in [-0.39, 0.29) is 18.1 Å². The summed E-state index contributed by atoms with van der Waals surface area (Å²) in [5.41, 5.74) is 2.00. The van der Waals surface area contributed by atoms with Gasteiger partial charge in [-0.05, 0) is 49.3 Å². The number of rotatable bonds is 4. The molecule has 1 aromatic heterocycles. The Morgan fingerprint density at radius 2 is 2.16 bits per heavy atom. The van der Waals surface area contributed by atoms with Crippen LogP contribution in [0.3, 0.4) is 0 Å². The number of carbonyl (C=O) groups is 1. The summed E-state index contributed by atoms with van der Waals surface area (Å²) in [4.78, 5) is 25.9. The van der Waals surface area contributed by atoms with Crippen LogP contribution < -0.4 is 10.4 Å². The molecular weight excluding hydrogens is 318 g/mol. The second-order valence-electron chi connectivity index (χ2n) is 6.93. The molecule has 1 saturated heterocycles. The highest BCUT2D eigenvalue weighted by molar-refractivity contribution is 5.83. The van der Waals surface area contributed by atoms with Crippen molar-refractivity contribution in [3.8, 4) is 5.75 Å². The van der Waals surface area contributed by atoms with Crippen molar-refractivity contribution >= 4 is 16.9 Å². The molecule has 0 spiro atoms. The number of benzene rings is 1. The summed E-state index contributed by atoms with van der Waals surface area (Å²) in [6.07, 6.45) is 3.00. The number of piperidine rings is 1. The lowest BCUT2D eigenvalue weighted by molar-refractivity contribution is -0.135. The van der Waals surface area contributed by atoms with E-state index in [9.17, 15) is 9.59 Å². The van der Waals surface area contributed by atoms with Crippen molar-refractivity contribution in [2.24, 2.45) is 5.92 Å². The van der Waals surface area contributed by atoms with Gasteiger partial charge in [-0.1, -0.05) is 13.8 Å². The van der Waals surface area contributed by atoms with Crippen LogP contribution in [0.15, 0.2) is 27.4 Å². The molecular formula is C20H25NO4. The van der Waals surface area contributed by atoms with Gasteiger partial charge in [0.05, 0.1) is 0 Å². The topological polar surface area (TPSA) is 59.8 Å². The maximum absolute atomic E-state index is 12.4. The molecule has 25 heavy (non-hydrogen) atoms. The van der Waals surface area contributed by atoms with Crippen LogP contribution in [0.1, 0.15) is 37.8 Å². The quantitative estimate of drug-likeness (QED) is 0.799. The molecule has 1 aliphatic heterocycles. The second-order valence-corrected chi connectivity index (χ2v) is 6.93. The maximum atomic E-state index is 12.4. The van der Waals surface area contributed by atoms with Crippen molar-refractivity contribution in [2.75, 3.05) is 19.7 Å². The Morgan fingerprint density at radius 3 is 2.88 bits per heavy atom. The van der Waals surface area contributed by atoms with Crippen LogP contribution in [0.4, 0.5) is 0 Å². The average molecular weight is 343 g/mol. The number of amides is 1. The third-order valence-electron chi connectivity index (χ3n) is 4.87. The smallest absolute Gasteiger partial charge is 0.336 e. The molecule has 1 atom stereocenters. The van der Waals surface area contributed by atoms with Crippen LogP contribution >= 0.6 is 0 Å². The largest absolute Gasteiger partial charge is 0.483 e. The number of aryl methyl sites for hydroxylation is 2. The van der Waals surface area contributed by atoms with Gasteiger partial charge in [0.2, 0.25) is 0 Å². The van der Waals surface area contributed by atoms with Crippen molar-refractivity contribution in [2.45, 2.75) is 40.0 Å².